The maximum Gasteiger partial charge on any atom is 0.183 e. The van der Waals surface area contributed by atoms with Crippen molar-refractivity contribution in [1.29, 1.82) is 0 Å². The summed E-state index contributed by atoms with van der Waals surface area (Å²) in [5, 5.41) is 3.75. The third-order valence-electron chi connectivity index (χ3n) is 4.01. The van der Waals surface area contributed by atoms with Crippen LogP contribution in [-0.4, -0.2) is 16.9 Å². The second-order valence-electron chi connectivity index (χ2n) is 5.64. The maximum absolute atomic E-state index is 12.4. The summed E-state index contributed by atoms with van der Waals surface area (Å²) in [6.07, 6.45) is 2.45. The van der Waals surface area contributed by atoms with E-state index in [0.717, 1.165) is 16.9 Å². The number of nitrogens with one attached hydrogen (secondary N) is 1. The summed E-state index contributed by atoms with van der Waals surface area (Å²) in [5.41, 5.74) is 3.87. The minimum atomic E-state index is 0.106. The molecule has 1 fully saturated rings. The van der Waals surface area contributed by atoms with E-state index >= 15 is 0 Å². The lowest BCUT2D eigenvalue weighted by Gasteiger charge is -2.09. The van der Waals surface area contributed by atoms with Crippen molar-refractivity contribution in [3.63, 3.8) is 0 Å². The molecule has 1 saturated carbocycles. The number of aromatic nitrogens is 1. The van der Waals surface area contributed by atoms with Gasteiger partial charge in [0.1, 0.15) is 0 Å². The smallest absolute Gasteiger partial charge is 0.183 e. The lowest BCUT2D eigenvalue weighted by molar-refractivity contribution is 0.101. The van der Waals surface area contributed by atoms with Crippen LogP contribution in [0.2, 0.25) is 5.02 Å². The standard InChI is InChI=1S/C17H19ClN2O/c1-11-9-14(12(2)20(11)13-7-8-13)17(21)10-19-16-6-4-3-5-15(16)18/h3-6,9,13,19H,7-8,10H2,1-2H3. The largest absolute Gasteiger partial charge is 0.376 e. The number of hydrogen-bond acceptors (Lipinski definition) is 2. The van der Waals surface area contributed by atoms with Crippen LogP contribution in [0, 0.1) is 13.8 Å². The van der Waals surface area contributed by atoms with E-state index < -0.39 is 0 Å². The van der Waals surface area contributed by atoms with Gasteiger partial charge in [-0.25, -0.2) is 0 Å². The summed E-state index contributed by atoms with van der Waals surface area (Å²) >= 11 is 6.09. The summed E-state index contributed by atoms with van der Waals surface area (Å²) in [4.78, 5) is 12.4. The van der Waals surface area contributed by atoms with E-state index in [0.29, 0.717) is 11.1 Å². The first-order chi connectivity index (χ1) is 10.1. The van der Waals surface area contributed by atoms with Crippen LogP contribution in [0.1, 0.15) is 40.6 Å². The monoisotopic (exact) mass is 302 g/mol. The van der Waals surface area contributed by atoms with Crippen molar-refractivity contribution < 1.29 is 4.79 Å². The Morgan fingerprint density at radius 1 is 1.33 bits per heavy atom. The van der Waals surface area contributed by atoms with E-state index in [1.54, 1.807) is 0 Å². The van der Waals surface area contributed by atoms with Gasteiger partial charge in [-0.15, -0.1) is 0 Å². The second-order valence-corrected chi connectivity index (χ2v) is 6.05. The predicted molar refractivity (Wildman–Crippen MR) is 86.4 cm³/mol. The van der Waals surface area contributed by atoms with E-state index in [2.05, 4.69) is 16.8 Å². The summed E-state index contributed by atoms with van der Waals surface area (Å²) in [6, 6.07) is 10.1. The Kier molecular flexibility index (Phi) is 3.77. The molecule has 21 heavy (non-hydrogen) atoms. The van der Waals surface area contributed by atoms with Crippen molar-refractivity contribution in [3.8, 4) is 0 Å². The highest BCUT2D eigenvalue weighted by Gasteiger charge is 2.28. The molecule has 1 N–H and O–H groups in total. The summed E-state index contributed by atoms with van der Waals surface area (Å²) in [6.45, 7) is 4.37. The van der Waals surface area contributed by atoms with Gasteiger partial charge in [0.15, 0.2) is 5.78 Å². The SMILES string of the molecule is Cc1cc(C(=O)CNc2ccccc2Cl)c(C)n1C1CC1. The zero-order valence-electron chi connectivity index (χ0n) is 12.3. The zero-order valence-corrected chi connectivity index (χ0v) is 13.1. The minimum absolute atomic E-state index is 0.106. The molecule has 110 valence electrons. The highest BCUT2D eigenvalue weighted by molar-refractivity contribution is 6.33. The molecule has 2 aromatic rings. The number of anilines is 1. The maximum atomic E-state index is 12.4. The fourth-order valence-corrected chi connectivity index (χ4v) is 3.03. The van der Waals surface area contributed by atoms with Gasteiger partial charge in [-0.1, -0.05) is 23.7 Å². The molecule has 0 saturated heterocycles. The average molecular weight is 303 g/mol. The number of nitrogens with zero attached hydrogens (tertiary/aromatic N) is 1. The number of Topliss-reactive ketones (excluding diaryl/α,β-unsaturated/α-hetero) is 1. The van der Waals surface area contributed by atoms with Crippen molar-refractivity contribution in [1.82, 2.24) is 4.57 Å². The fraction of sp³-hybridized carbons (Fsp3) is 0.353. The van der Waals surface area contributed by atoms with Gasteiger partial charge in [-0.3, -0.25) is 4.79 Å². The lowest BCUT2D eigenvalue weighted by Crippen LogP contribution is -2.15. The van der Waals surface area contributed by atoms with Crippen LogP contribution < -0.4 is 5.32 Å². The number of hydrogen-bond donors (Lipinski definition) is 1. The normalized spacial score (nSPS) is 14.2. The Bertz CT molecular complexity index is 686. The molecule has 1 aliphatic rings. The minimum Gasteiger partial charge on any atom is -0.376 e. The predicted octanol–water partition coefficient (Wildman–Crippen LogP) is 4.39. The number of carbonyl (C=O) groups is 1. The van der Waals surface area contributed by atoms with Crippen molar-refractivity contribution in [2.24, 2.45) is 0 Å². The van der Waals surface area contributed by atoms with Gasteiger partial charge in [0, 0.05) is 23.0 Å². The quantitative estimate of drug-likeness (QED) is 0.831. The van der Waals surface area contributed by atoms with Crippen molar-refractivity contribution in [3.05, 3.63) is 52.3 Å². The van der Waals surface area contributed by atoms with Crippen LogP contribution >= 0.6 is 11.6 Å². The molecule has 0 amide bonds. The molecule has 0 bridgehead atoms. The summed E-state index contributed by atoms with van der Waals surface area (Å²) in [7, 11) is 0. The molecule has 0 spiro atoms. The van der Waals surface area contributed by atoms with E-state index in [1.165, 1.54) is 18.5 Å². The molecule has 1 heterocycles. The number of ketones is 1. The number of aryl methyl sites for hydroxylation is 1. The Hall–Kier alpha value is -1.74. The first-order valence-electron chi connectivity index (χ1n) is 7.28. The molecular formula is C17H19ClN2O. The molecule has 1 aromatic heterocycles. The number of rotatable bonds is 5. The van der Waals surface area contributed by atoms with Crippen LogP contribution in [-0.2, 0) is 0 Å². The van der Waals surface area contributed by atoms with Gasteiger partial charge >= 0.3 is 0 Å². The number of halogens is 1. The molecule has 1 aromatic carbocycles. The van der Waals surface area contributed by atoms with E-state index in [9.17, 15) is 4.79 Å². The average Bonchev–Trinajstić information content (AvgIpc) is 3.24. The van der Waals surface area contributed by atoms with E-state index in [4.69, 9.17) is 11.6 Å². The van der Waals surface area contributed by atoms with Crippen LogP contribution in [0.4, 0.5) is 5.69 Å². The Morgan fingerprint density at radius 2 is 2.05 bits per heavy atom. The van der Waals surface area contributed by atoms with Crippen molar-refractivity contribution >= 4 is 23.1 Å². The third kappa shape index (κ3) is 2.84. The Labute approximate surface area is 129 Å². The zero-order chi connectivity index (χ0) is 15.0. The molecule has 3 rings (SSSR count). The topological polar surface area (TPSA) is 34.0 Å². The van der Waals surface area contributed by atoms with Crippen molar-refractivity contribution in [2.75, 3.05) is 11.9 Å². The highest BCUT2D eigenvalue weighted by atomic mass is 35.5. The molecule has 4 heteroatoms. The van der Waals surface area contributed by atoms with Crippen LogP contribution in [0.3, 0.4) is 0 Å². The van der Waals surface area contributed by atoms with Crippen LogP contribution in [0.15, 0.2) is 30.3 Å². The van der Waals surface area contributed by atoms with Gasteiger partial charge in [-0.05, 0) is 44.9 Å². The molecule has 0 aliphatic heterocycles. The molecule has 1 aliphatic carbocycles. The molecule has 3 nitrogen and oxygen atoms in total. The third-order valence-corrected chi connectivity index (χ3v) is 4.34. The lowest BCUT2D eigenvalue weighted by atomic mass is 10.1. The number of benzene rings is 1. The van der Waals surface area contributed by atoms with Gasteiger partial charge in [-0.2, -0.15) is 0 Å². The van der Waals surface area contributed by atoms with Crippen LogP contribution in [0.25, 0.3) is 0 Å². The van der Waals surface area contributed by atoms with E-state index in [1.807, 2.05) is 37.3 Å². The van der Waals surface area contributed by atoms with Crippen molar-refractivity contribution in [2.45, 2.75) is 32.7 Å². The second kappa shape index (κ2) is 5.57. The fourth-order valence-electron chi connectivity index (χ4n) is 2.83. The van der Waals surface area contributed by atoms with Gasteiger partial charge in [0.25, 0.3) is 0 Å². The Balaban J connectivity index is 1.74. The summed E-state index contributed by atoms with van der Waals surface area (Å²) in [5.74, 6) is 0.106. The van der Waals surface area contributed by atoms with Crippen LogP contribution in [0.5, 0.6) is 0 Å². The van der Waals surface area contributed by atoms with Gasteiger partial charge < -0.3 is 9.88 Å². The number of carbonyl (C=O) groups excluding carboxylic acids is 1. The molecule has 0 radical (unpaired) electrons. The number of para-hydroxylation sites is 1. The van der Waals surface area contributed by atoms with Gasteiger partial charge in [0.05, 0.1) is 17.3 Å². The first-order valence-corrected chi connectivity index (χ1v) is 7.65. The first kappa shape index (κ1) is 14.2. The van der Waals surface area contributed by atoms with Gasteiger partial charge in [0.2, 0.25) is 0 Å². The summed E-state index contributed by atoms with van der Waals surface area (Å²) < 4.78 is 2.29. The molecule has 0 atom stereocenters. The molecular weight excluding hydrogens is 284 g/mol. The van der Waals surface area contributed by atoms with E-state index in [-0.39, 0.29) is 12.3 Å². The highest BCUT2D eigenvalue weighted by Crippen LogP contribution is 2.38. The molecule has 0 unspecified atom stereocenters. The Morgan fingerprint density at radius 3 is 2.71 bits per heavy atom.